The standard InChI is InChI=1S/C10H11N3O4/c1-17-10(16)6-2-4-7(5-3-6)12-8(14)9(15)13-11/h2-5H,11H2,1H3,(H,12,14)(H,13,15). The minimum atomic E-state index is -0.956. The summed E-state index contributed by atoms with van der Waals surface area (Å²) < 4.78 is 4.51. The maximum Gasteiger partial charge on any atom is 0.337 e. The lowest BCUT2D eigenvalue weighted by Gasteiger charge is -2.04. The Morgan fingerprint density at radius 3 is 2.18 bits per heavy atom. The Hall–Kier alpha value is -2.41. The van der Waals surface area contributed by atoms with Crippen LogP contribution in [0.1, 0.15) is 10.4 Å². The predicted octanol–water partition coefficient (Wildman–Crippen LogP) is -0.598. The van der Waals surface area contributed by atoms with Gasteiger partial charge in [-0.1, -0.05) is 0 Å². The molecule has 7 nitrogen and oxygen atoms in total. The number of ether oxygens (including phenoxy) is 1. The molecule has 4 N–H and O–H groups in total. The first-order valence-corrected chi connectivity index (χ1v) is 4.58. The maximum absolute atomic E-state index is 11.1. The number of amides is 2. The summed E-state index contributed by atoms with van der Waals surface area (Å²) in [6.45, 7) is 0. The molecule has 2 amide bonds. The van der Waals surface area contributed by atoms with Crippen LogP contribution in [0.15, 0.2) is 24.3 Å². The zero-order chi connectivity index (χ0) is 12.8. The van der Waals surface area contributed by atoms with Crippen LogP contribution in [-0.2, 0) is 14.3 Å². The Morgan fingerprint density at radius 2 is 1.71 bits per heavy atom. The van der Waals surface area contributed by atoms with Gasteiger partial charge >= 0.3 is 17.8 Å². The zero-order valence-corrected chi connectivity index (χ0v) is 9.02. The lowest BCUT2D eigenvalue weighted by molar-refractivity contribution is -0.136. The number of nitrogens with two attached hydrogens (primary N) is 1. The fourth-order valence-corrected chi connectivity index (χ4v) is 1.06. The average Bonchev–Trinajstić information content (AvgIpc) is 2.37. The van der Waals surface area contributed by atoms with Crippen molar-refractivity contribution >= 4 is 23.5 Å². The molecule has 0 heterocycles. The van der Waals surface area contributed by atoms with Crippen molar-refractivity contribution in [2.75, 3.05) is 12.4 Å². The van der Waals surface area contributed by atoms with Gasteiger partial charge in [0.25, 0.3) is 0 Å². The van der Waals surface area contributed by atoms with Crippen LogP contribution in [0.3, 0.4) is 0 Å². The van der Waals surface area contributed by atoms with Gasteiger partial charge in [0.1, 0.15) is 0 Å². The number of carbonyl (C=O) groups excluding carboxylic acids is 3. The van der Waals surface area contributed by atoms with E-state index in [2.05, 4.69) is 10.1 Å². The molecule has 17 heavy (non-hydrogen) atoms. The van der Waals surface area contributed by atoms with Gasteiger partial charge in [-0.3, -0.25) is 15.0 Å². The highest BCUT2D eigenvalue weighted by Gasteiger charge is 2.12. The molecule has 0 bridgehead atoms. The van der Waals surface area contributed by atoms with Crippen molar-refractivity contribution in [3.63, 3.8) is 0 Å². The van der Waals surface area contributed by atoms with Crippen LogP contribution in [0, 0.1) is 0 Å². The van der Waals surface area contributed by atoms with Gasteiger partial charge in [0.05, 0.1) is 12.7 Å². The van der Waals surface area contributed by atoms with Crippen molar-refractivity contribution in [3.8, 4) is 0 Å². The number of methoxy groups -OCH3 is 1. The fourth-order valence-electron chi connectivity index (χ4n) is 1.06. The van der Waals surface area contributed by atoms with E-state index in [0.29, 0.717) is 11.3 Å². The van der Waals surface area contributed by atoms with Crippen molar-refractivity contribution in [1.29, 1.82) is 0 Å². The van der Waals surface area contributed by atoms with E-state index >= 15 is 0 Å². The van der Waals surface area contributed by atoms with Gasteiger partial charge in [-0.05, 0) is 24.3 Å². The fraction of sp³-hybridized carbons (Fsp3) is 0.100. The number of anilines is 1. The quantitative estimate of drug-likeness (QED) is 0.209. The second kappa shape index (κ2) is 5.61. The molecule has 1 aromatic carbocycles. The third-order valence-corrected chi connectivity index (χ3v) is 1.90. The Labute approximate surface area is 96.9 Å². The summed E-state index contributed by atoms with van der Waals surface area (Å²) in [5.41, 5.74) is 2.41. The minimum Gasteiger partial charge on any atom is -0.465 e. The van der Waals surface area contributed by atoms with Crippen LogP contribution >= 0.6 is 0 Å². The zero-order valence-electron chi connectivity index (χ0n) is 9.02. The Bertz CT molecular complexity index is 441. The number of hydrogen-bond donors (Lipinski definition) is 3. The van der Waals surface area contributed by atoms with Gasteiger partial charge < -0.3 is 10.1 Å². The first-order chi connectivity index (χ1) is 8.08. The molecule has 0 atom stereocenters. The summed E-state index contributed by atoms with van der Waals surface area (Å²) in [5, 5.41) is 2.29. The van der Waals surface area contributed by atoms with Crippen LogP contribution in [0.5, 0.6) is 0 Å². The highest BCUT2D eigenvalue weighted by atomic mass is 16.5. The number of carbonyl (C=O) groups is 3. The minimum absolute atomic E-state index is 0.341. The number of rotatable bonds is 2. The van der Waals surface area contributed by atoms with Crippen molar-refractivity contribution < 1.29 is 19.1 Å². The summed E-state index contributed by atoms with van der Waals surface area (Å²) >= 11 is 0. The molecule has 0 fully saturated rings. The molecule has 0 aliphatic carbocycles. The van der Waals surface area contributed by atoms with Gasteiger partial charge in [-0.2, -0.15) is 0 Å². The van der Waals surface area contributed by atoms with E-state index in [1.807, 2.05) is 0 Å². The van der Waals surface area contributed by atoms with Gasteiger partial charge in [-0.25, -0.2) is 10.6 Å². The van der Waals surface area contributed by atoms with Crippen LogP contribution in [0.25, 0.3) is 0 Å². The second-order valence-electron chi connectivity index (χ2n) is 3.00. The number of hydrazine groups is 1. The molecule has 1 rings (SSSR count). The largest absolute Gasteiger partial charge is 0.465 e. The Balaban J connectivity index is 2.72. The molecule has 0 saturated carbocycles. The third kappa shape index (κ3) is 3.28. The normalized spacial score (nSPS) is 9.29. The highest BCUT2D eigenvalue weighted by molar-refractivity contribution is 6.39. The molecule has 7 heteroatoms. The lowest BCUT2D eigenvalue weighted by atomic mass is 10.2. The van der Waals surface area contributed by atoms with Crippen molar-refractivity contribution in [2.45, 2.75) is 0 Å². The van der Waals surface area contributed by atoms with Gasteiger partial charge in [-0.15, -0.1) is 0 Å². The van der Waals surface area contributed by atoms with Gasteiger partial charge in [0.2, 0.25) is 0 Å². The molecule has 0 unspecified atom stereocenters. The number of benzene rings is 1. The van der Waals surface area contributed by atoms with Gasteiger partial charge in [0.15, 0.2) is 0 Å². The lowest BCUT2D eigenvalue weighted by Crippen LogP contribution is -2.39. The van der Waals surface area contributed by atoms with Crippen LogP contribution in [-0.4, -0.2) is 24.9 Å². The van der Waals surface area contributed by atoms with Crippen LogP contribution in [0.4, 0.5) is 5.69 Å². The first kappa shape index (κ1) is 12.7. The molecule has 0 radical (unpaired) electrons. The molecule has 0 saturated heterocycles. The molecule has 0 aromatic heterocycles. The number of nitrogens with one attached hydrogen (secondary N) is 2. The van der Waals surface area contributed by atoms with E-state index in [0.717, 1.165) is 0 Å². The topological polar surface area (TPSA) is 111 Å². The molecular weight excluding hydrogens is 226 g/mol. The van der Waals surface area contributed by atoms with Crippen LogP contribution < -0.4 is 16.6 Å². The van der Waals surface area contributed by atoms with E-state index in [1.54, 1.807) is 5.43 Å². The van der Waals surface area contributed by atoms with Crippen molar-refractivity contribution in [2.24, 2.45) is 5.84 Å². The molecule has 0 spiro atoms. The molecule has 0 aliphatic heterocycles. The Kier molecular flexibility index (Phi) is 4.18. The summed E-state index contributed by atoms with van der Waals surface area (Å²) in [6.07, 6.45) is 0. The number of esters is 1. The summed E-state index contributed by atoms with van der Waals surface area (Å²) in [6, 6.07) is 5.85. The highest BCUT2D eigenvalue weighted by Crippen LogP contribution is 2.10. The van der Waals surface area contributed by atoms with E-state index in [9.17, 15) is 14.4 Å². The maximum atomic E-state index is 11.1. The molecule has 1 aromatic rings. The Morgan fingerprint density at radius 1 is 1.12 bits per heavy atom. The molecular formula is C10H11N3O4. The van der Waals surface area contributed by atoms with Gasteiger partial charge in [0, 0.05) is 5.69 Å². The van der Waals surface area contributed by atoms with Crippen molar-refractivity contribution in [3.05, 3.63) is 29.8 Å². The SMILES string of the molecule is COC(=O)c1ccc(NC(=O)C(=O)NN)cc1. The first-order valence-electron chi connectivity index (χ1n) is 4.58. The summed E-state index contributed by atoms with van der Waals surface area (Å²) in [7, 11) is 1.27. The van der Waals surface area contributed by atoms with E-state index in [4.69, 9.17) is 5.84 Å². The third-order valence-electron chi connectivity index (χ3n) is 1.90. The predicted molar refractivity (Wildman–Crippen MR) is 58.7 cm³/mol. The monoisotopic (exact) mass is 237 g/mol. The smallest absolute Gasteiger partial charge is 0.337 e. The number of hydrogen-bond acceptors (Lipinski definition) is 5. The van der Waals surface area contributed by atoms with Crippen LogP contribution in [0.2, 0.25) is 0 Å². The average molecular weight is 237 g/mol. The molecule has 90 valence electrons. The summed E-state index contributed by atoms with van der Waals surface area (Å²) in [5.74, 6) is 2.46. The van der Waals surface area contributed by atoms with E-state index in [1.165, 1.54) is 31.4 Å². The summed E-state index contributed by atoms with van der Waals surface area (Å²) in [4.78, 5) is 33.1. The van der Waals surface area contributed by atoms with Crippen molar-refractivity contribution in [1.82, 2.24) is 5.43 Å². The van der Waals surface area contributed by atoms with E-state index in [-0.39, 0.29) is 0 Å². The molecule has 0 aliphatic rings. The second-order valence-corrected chi connectivity index (χ2v) is 3.00. The van der Waals surface area contributed by atoms with E-state index < -0.39 is 17.8 Å².